The van der Waals surface area contributed by atoms with Gasteiger partial charge in [-0.3, -0.25) is 19.6 Å². The Hall–Kier alpha value is -1.98. The Balaban J connectivity index is 1.71. The van der Waals surface area contributed by atoms with Crippen molar-refractivity contribution in [2.24, 2.45) is 5.92 Å². The Morgan fingerprint density at radius 2 is 1.92 bits per heavy atom. The zero-order chi connectivity index (χ0) is 16.6. The lowest BCUT2D eigenvalue weighted by Crippen LogP contribution is -2.56. The quantitative estimate of drug-likeness (QED) is 0.844. The van der Waals surface area contributed by atoms with E-state index in [-0.39, 0.29) is 11.8 Å². The predicted octanol–water partition coefficient (Wildman–Crippen LogP) is 1.72. The number of nitrogens with zero attached hydrogens (tertiary/aromatic N) is 4. The van der Waals surface area contributed by atoms with E-state index in [9.17, 15) is 9.59 Å². The van der Waals surface area contributed by atoms with Crippen LogP contribution in [-0.2, 0) is 15.1 Å². The summed E-state index contributed by atoms with van der Waals surface area (Å²) in [6, 6.07) is 0. The van der Waals surface area contributed by atoms with Gasteiger partial charge in [-0.2, -0.15) is 0 Å². The van der Waals surface area contributed by atoms with E-state index < -0.39 is 5.54 Å². The summed E-state index contributed by atoms with van der Waals surface area (Å²) in [5.74, 6) is 0.662. The molecular weight excluding hydrogens is 304 g/mol. The van der Waals surface area contributed by atoms with Gasteiger partial charge in [0.05, 0.1) is 11.9 Å². The van der Waals surface area contributed by atoms with Crippen LogP contribution in [0, 0.1) is 5.92 Å². The molecule has 1 aliphatic carbocycles. The van der Waals surface area contributed by atoms with Crippen molar-refractivity contribution in [3.05, 3.63) is 24.3 Å². The lowest BCUT2D eigenvalue weighted by atomic mass is 9.89. The topological polar surface area (TPSA) is 66.4 Å². The van der Waals surface area contributed by atoms with E-state index in [1.54, 1.807) is 18.6 Å². The van der Waals surface area contributed by atoms with Crippen molar-refractivity contribution in [1.29, 1.82) is 0 Å². The van der Waals surface area contributed by atoms with Gasteiger partial charge in [0.2, 0.25) is 5.91 Å². The van der Waals surface area contributed by atoms with Gasteiger partial charge < -0.3 is 9.80 Å². The molecule has 3 heterocycles. The molecule has 0 bridgehead atoms. The van der Waals surface area contributed by atoms with Crippen LogP contribution in [0.25, 0.3) is 0 Å². The number of hydrogen-bond donors (Lipinski definition) is 0. The van der Waals surface area contributed by atoms with Gasteiger partial charge in [-0.15, -0.1) is 0 Å². The molecule has 6 nitrogen and oxygen atoms in total. The SMILES string of the molecule is O=C(CC1CC1)N1CCC[C@@]1(C(=O)N1CCCC1)c1cnccn1. The third-order valence-corrected chi connectivity index (χ3v) is 5.58. The summed E-state index contributed by atoms with van der Waals surface area (Å²) >= 11 is 0. The fourth-order valence-corrected chi connectivity index (χ4v) is 4.13. The van der Waals surface area contributed by atoms with Gasteiger partial charge in [-0.1, -0.05) is 0 Å². The monoisotopic (exact) mass is 328 g/mol. The number of rotatable bonds is 4. The number of carbonyl (C=O) groups is 2. The van der Waals surface area contributed by atoms with Crippen LogP contribution in [0.4, 0.5) is 0 Å². The Kier molecular flexibility index (Phi) is 3.98. The van der Waals surface area contributed by atoms with Crippen LogP contribution >= 0.6 is 0 Å². The fourth-order valence-electron chi connectivity index (χ4n) is 4.13. The molecule has 0 N–H and O–H groups in total. The third kappa shape index (κ3) is 2.58. The average molecular weight is 328 g/mol. The van der Waals surface area contributed by atoms with Crippen LogP contribution in [0.5, 0.6) is 0 Å². The zero-order valence-electron chi connectivity index (χ0n) is 14.0. The van der Waals surface area contributed by atoms with Gasteiger partial charge in [0.15, 0.2) is 5.54 Å². The summed E-state index contributed by atoms with van der Waals surface area (Å²) in [5.41, 5.74) is -0.312. The molecule has 1 atom stereocenters. The van der Waals surface area contributed by atoms with Crippen LogP contribution in [0.15, 0.2) is 18.6 Å². The van der Waals surface area contributed by atoms with Crippen LogP contribution in [0.3, 0.4) is 0 Å². The van der Waals surface area contributed by atoms with E-state index in [0.717, 1.165) is 45.2 Å². The molecule has 128 valence electrons. The lowest BCUT2D eigenvalue weighted by molar-refractivity contribution is -0.152. The Morgan fingerprint density at radius 1 is 1.12 bits per heavy atom. The second-order valence-corrected chi connectivity index (χ2v) is 7.25. The van der Waals surface area contributed by atoms with E-state index in [0.29, 0.717) is 31.0 Å². The van der Waals surface area contributed by atoms with E-state index in [1.807, 2.05) is 9.80 Å². The minimum atomic E-state index is -0.940. The number of amides is 2. The number of likely N-dealkylation sites (tertiary alicyclic amines) is 2. The Bertz CT molecular complexity index is 625. The molecule has 0 radical (unpaired) electrons. The summed E-state index contributed by atoms with van der Waals surface area (Å²) in [7, 11) is 0. The summed E-state index contributed by atoms with van der Waals surface area (Å²) in [6.45, 7) is 2.21. The molecule has 0 spiro atoms. The third-order valence-electron chi connectivity index (χ3n) is 5.58. The minimum Gasteiger partial charge on any atom is -0.340 e. The maximum absolute atomic E-state index is 13.5. The number of aromatic nitrogens is 2. The zero-order valence-corrected chi connectivity index (χ0v) is 14.0. The molecule has 2 amide bonds. The van der Waals surface area contributed by atoms with Crippen LogP contribution in [0.2, 0.25) is 0 Å². The molecule has 3 fully saturated rings. The maximum Gasteiger partial charge on any atom is 0.254 e. The molecule has 1 saturated carbocycles. The largest absolute Gasteiger partial charge is 0.340 e. The summed E-state index contributed by atoms with van der Waals surface area (Å²) in [6.07, 6.45) is 11.3. The Labute approximate surface area is 142 Å². The molecular formula is C18H24N4O2. The second-order valence-electron chi connectivity index (χ2n) is 7.25. The van der Waals surface area contributed by atoms with Gasteiger partial charge in [-0.25, -0.2) is 0 Å². The lowest BCUT2D eigenvalue weighted by Gasteiger charge is -2.39. The minimum absolute atomic E-state index is 0.0437. The van der Waals surface area contributed by atoms with Crippen molar-refractivity contribution >= 4 is 11.8 Å². The highest BCUT2D eigenvalue weighted by Crippen LogP contribution is 2.42. The highest BCUT2D eigenvalue weighted by atomic mass is 16.2. The van der Waals surface area contributed by atoms with Gasteiger partial charge in [0.25, 0.3) is 5.91 Å². The first-order chi connectivity index (χ1) is 11.7. The highest BCUT2D eigenvalue weighted by Gasteiger charge is 2.54. The first-order valence-corrected chi connectivity index (χ1v) is 9.08. The van der Waals surface area contributed by atoms with E-state index >= 15 is 0 Å². The van der Waals surface area contributed by atoms with Crippen LogP contribution < -0.4 is 0 Å². The fraction of sp³-hybridized carbons (Fsp3) is 0.667. The first kappa shape index (κ1) is 15.5. The van der Waals surface area contributed by atoms with E-state index in [4.69, 9.17) is 0 Å². The molecule has 3 aliphatic rings. The molecule has 0 unspecified atom stereocenters. The maximum atomic E-state index is 13.5. The summed E-state index contributed by atoms with van der Waals surface area (Å²) < 4.78 is 0. The van der Waals surface area contributed by atoms with Crippen molar-refractivity contribution in [3.63, 3.8) is 0 Å². The first-order valence-electron chi connectivity index (χ1n) is 9.08. The van der Waals surface area contributed by atoms with Crippen molar-refractivity contribution < 1.29 is 9.59 Å². The molecule has 0 aromatic carbocycles. The van der Waals surface area contributed by atoms with Crippen molar-refractivity contribution in [1.82, 2.24) is 19.8 Å². The molecule has 1 aromatic heterocycles. The van der Waals surface area contributed by atoms with Crippen molar-refractivity contribution in [3.8, 4) is 0 Å². The normalized spacial score (nSPS) is 26.8. The average Bonchev–Trinajstić information content (AvgIpc) is 3.11. The van der Waals surface area contributed by atoms with Gasteiger partial charge in [0, 0.05) is 38.4 Å². The van der Waals surface area contributed by atoms with E-state index in [1.165, 1.54) is 0 Å². The van der Waals surface area contributed by atoms with Crippen LogP contribution in [-0.4, -0.2) is 51.2 Å². The molecule has 1 aromatic rings. The molecule has 24 heavy (non-hydrogen) atoms. The van der Waals surface area contributed by atoms with Gasteiger partial charge >= 0.3 is 0 Å². The van der Waals surface area contributed by atoms with Gasteiger partial charge in [-0.05, 0) is 44.4 Å². The molecule has 2 aliphatic heterocycles. The smallest absolute Gasteiger partial charge is 0.254 e. The molecule has 6 heteroatoms. The summed E-state index contributed by atoms with van der Waals surface area (Å²) in [4.78, 5) is 38.7. The second kappa shape index (κ2) is 6.15. The van der Waals surface area contributed by atoms with Gasteiger partial charge in [0.1, 0.15) is 0 Å². The van der Waals surface area contributed by atoms with Crippen molar-refractivity contribution in [2.75, 3.05) is 19.6 Å². The number of carbonyl (C=O) groups excluding carboxylic acids is 2. The predicted molar refractivity (Wildman–Crippen MR) is 87.8 cm³/mol. The van der Waals surface area contributed by atoms with E-state index in [2.05, 4.69) is 9.97 Å². The number of hydrogen-bond acceptors (Lipinski definition) is 4. The van der Waals surface area contributed by atoms with Crippen molar-refractivity contribution in [2.45, 2.75) is 50.5 Å². The molecule has 2 saturated heterocycles. The summed E-state index contributed by atoms with van der Waals surface area (Å²) in [5, 5.41) is 0. The van der Waals surface area contributed by atoms with Crippen LogP contribution in [0.1, 0.15) is 50.6 Å². The Morgan fingerprint density at radius 3 is 2.58 bits per heavy atom. The highest BCUT2D eigenvalue weighted by molar-refractivity contribution is 5.93. The standard InChI is InChI=1S/C18H24N4O2/c23-16(12-14-4-5-14)22-11-3-6-18(22,15-13-19-7-8-20-15)17(24)21-9-1-2-10-21/h7-8,13-14H,1-6,9-12H2/t18-/m0/s1. The molecule has 4 rings (SSSR count).